The topological polar surface area (TPSA) is 102 Å². The van der Waals surface area contributed by atoms with Gasteiger partial charge in [-0.05, 0) is 31.1 Å². The summed E-state index contributed by atoms with van der Waals surface area (Å²) in [6.45, 7) is 2.01. The van der Waals surface area contributed by atoms with Crippen molar-refractivity contribution in [2.75, 3.05) is 6.54 Å². The Labute approximate surface area is 106 Å². The van der Waals surface area contributed by atoms with E-state index in [1.165, 1.54) is 5.57 Å². The highest BCUT2D eigenvalue weighted by Gasteiger charge is 2.57. The first-order valence-electron chi connectivity index (χ1n) is 6.28. The van der Waals surface area contributed by atoms with Crippen LogP contribution in [-0.4, -0.2) is 22.5 Å². The normalized spacial score (nSPS) is 34.7. The summed E-state index contributed by atoms with van der Waals surface area (Å²) in [6, 6.07) is 0. The maximum absolute atomic E-state index is 10.9. The summed E-state index contributed by atoms with van der Waals surface area (Å²) < 4.78 is 0. The molecule has 0 amide bonds. The zero-order valence-corrected chi connectivity index (χ0v) is 10.5. The number of fused-ring (bicyclic) bond motifs is 1. The Balaban J connectivity index is 2.18. The molecular formula is C12H19N3O3. The van der Waals surface area contributed by atoms with E-state index in [9.17, 15) is 10.1 Å². The average Bonchev–Trinajstić information content (AvgIpc) is 2.65. The van der Waals surface area contributed by atoms with Gasteiger partial charge in [-0.1, -0.05) is 23.7 Å². The van der Waals surface area contributed by atoms with Crippen LogP contribution in [0.25, 0.3) is 0 Å². The van der Waals surface area contributed by atoms with Crippen molar-refractivity contribution in [3.05, 3.63) is 21.8 Å². The quantitative estimate of drug-likeness (QED) is 0.195. The van der Waals surface area contributed by atoms with Gasteiger partial charge in [0.2, 0.25) is 6.54 Å². The Hall–Kier alpha value is -1.59. The van der Waals surface area contributed by atoms with Crippen LogP contribution < -0.4 is 5.73 Å². The van der Waals surface area contributed by atoms with Gasteiger partial charge in [-0.2, -0.15) is 0 Å². The number of nitrogens with two attached hydrogens (primary N) is 1. The van der Waals surface area contributed by atoms with Gasteiger partial charge in [-0.25, -0.2) is 0 Å². The van der Waals surface area contributed by atoms with E-state index in [1.807, 2.05) is 0 Å². The first-order valence-corrected chi connectivity index (χ1v) is 6.28. The van der Waals surface area contributed by atoms with E-state index in [1.54, 1.807) is 0 Å². The monoisotopic (exact) mass is 253 g/mol. The van der Waals surface area contributed by atoms with Gasteiger partial charge in [0.05, 0.1) is 0 Å². The molecule has 2 aliphatic carbocycles. The van der Waals surface area contributed by atoms with Crippen LogP contribution in [-0.2, 0) is 0 Å². The fourth-order valence-corrected chi connectivity index (χ4v) is 3.63. The average molecular weight is 253 g/mol. The largest absolute Gasteiger partial charge is 0.409 e. The molecule has 6 heteroatoms. The van der Waals surface area contributed by atoms with Gasteiger partial charge in [0, 0.05) is 16.8 Å². The SMILES string of the molecule is CCC1=CC2C(C1)CC2(CC(N)=NO)C[N+](=O)[O-]. The maximum Gasteiger partial charge on any atom is 0.210 e. The number of amidine groups is 1. The molecule has 0 spiro atoms. The second-order valence-corrected chi connectivity index (χ2v) is 5.49. The molecule has 3 atom stereocenters. The summed E-state index contributed by atoms with van der Waals surface area (Å²) in [6.07, 6.45) is 5.35. The van der Waals surface area contributed by atoms with Crippen molar-refractivity contribution < 1.29 is 10.1 Å². The standard InChI is InChI=1S/C12H19N3O3/c1-2-8-3-9-5-12(7-15(17)18,10(9)4-8)6-11(13)14-16/h4,9-10,16H,2-3,5-7H2,1H3,(H2,13,14). The van der Waals surface area contributed by atoms with Gasteiger partial charge in [0.15, 0.2) is 0 Å². The van der Waals surface area contributed by atoms with Crippen LogP contribution in [0.2, 0.25) is 0 Å². The molecule has 18 heavy (non-hydrogen) atoms. The van der Waals surface area contributed by atoms with Gasteiger partial charge < -0.3 is 10.9 Å². The number of hydrogen-bond acceptors (Lipinski definition) is 4. The molecule has 2 aliphatic rings. The highest BCUT2D eigenvalue weighted by Crippen LogP contribution is 2.60. The van der Waals surface area contributed by atoms with Crippen LogP contribution >= 0.6 is 0 Å². The summed E-state index contributed by atoms with van der Waals surface area (Å²) in [5.41, 5.74) is 6.49. The van der Waals surface area contributed by atoms with E-state index in [2.05, 4.69) is 18.2 Å². The summed E-state index contributed by atoms with van der Waals surface area (Å²) in [7, 11) is 0. The van der Waals surface area contributed by atoms with Crippen LogP contribution in [0.5, 0.6) is 0 Å². The van der Waals surface area contributed by atoms with Crippen LogP contribution in [0, 0.1) is 27.4 Å². The van der Waals surface area contributed by atoms with E-state index in [-0.39, 0.29) is 23.2 Å². The summed E-state index contributed by atoms with van der Waals surface area (Å²) >= 11 is 0. The van der Waals surface area contributed by atoms with Crippen molar-refractivity contribution in [3.63, 3.8) is 0 Å². The number of allylic oxidation sites excluding steroid dienone is 2. The van der Waals surface area contributed by atoms with Crippen molar-refractivity contribution >= 4 is 5.84 Å². The lowest BCUT2D eigenvalue weighted by Crippen LogP contribution is -2.51. The molecule has 6 nitrogen and oxygen atoms in total. The van der Waals surface area contributed by atoms with Gasteiger partial charge in [-0.3, -0.25) is 10.1 Å². The van der Waals surface area contributed by atoms with E-state index in [0.717, 1.165) is 19.3 Å². The maximum atomic E-state index is 10.9. The minimum atomic E-state index is -0.443. The Bertz CT molecular complexity index is 419. The van der Waals surface area contributed by atoms with Crippen LogP contribution in [0.3, 0.4) is 0 Å². The molecule has 0 aromatic carbocycles. The van der Waals surface area contributed by atoms with E-state index >= 15 is 0 Å². The molecule has 0 aliphatic heterocycles. The smallest absolute Gasteiger partial charge is 0.210 e. The van der Waals surface area contributed by atoms with Crippen LogP contribution in [0.4, 0.5) is 0 Å². The number of oxime groups is 1. The highest BCUT2D eigenvalue weighted by atomic mass is 16.6. The molecule has 100 valence electrons. The minimum Gasteiger partial charge on any atom is -0.409 e. The zero-order valence-electron chi connectivity index (χ0n) is 10.5. The third-order valence-corrected chi connectivity index (χ3v) is 4.38. The molecule has 0 heterocycles. The van der Waals surface area contributed by atoms with Crippen molar-refractivity contribution in [2.24, 2.45) is 28.1 Å². The number of nitrogens with zero attached hydrogens (tertiary/aromatic N) is 2. The molecule has 0 bridgehead atoms. The molecule has 0 aromatic rings. The lowest BCUT2D eigenvalue weighted by Gasteiger charge is -2.49. The lowest BCUT2D eigenvalue weighted by molar-refractivity contribution is -0.505. The van der Waals surface area contributed by atoms with Gasteiger partial charge in [-0.15, -0.1) is 0 Å². The van der Waals surface area contributed by atoms with Crippen LogP contribution in [0.1, 0.15) is 32.6 Å². The third-order valence-electron chi connectivity index (χ3n) is 4.38. The van der Waals surface area contributed by atoms with Crippen LogP contribution in [0.15, 0.2) is 16.8 Å². The van der Waals surface area contributed by atoms with Crippen molar-refractivity contribution in [1.29, 1.82) is 0 Å². The molecule has 0 radical (unpaired) electrons. The molecular weight excluding hydrogens is 234 g/mol. The van der Waals surface area contributed by atoms with Gasteiger partial charge in [0.25, 0.3) is 0 Å². The Morgan fingerprint density at radius 2 is 2.50 bits per heavy atom. The highest BCUT2D eigenvalue weighted by molar-refractivity contribution is 5.80. The van der Waals surface area contributed by atoms with E-state index in [0.29, 0.717) is 12.3 Å². The zero-order chi connectivity index (χ0) is 13.3. The van der Waals surface area contributed by atoms with Gasteiger partial charge in [0.1, 0.15) is 5.84 Å². The molecule has 0 saturated heterocycles. The first-order chi connectivity index (χ1) is 8.50. The second-order valence-electron chi connectivity index (χ2n) is 5.49. The predicted octanol–water partition coefficient (Wildman–Crippen LogP) is 1.76. The van der Waals surface area contributed by atoms with Crippen molar-refractivity contribution in [3.8, 4) is 0 Å². The van der Waals surface area contributed by atoms with E-state index in [4.69, 9.17) is 10.9 Å². The van der Waals surface area contributed by atoms with Crippen molar-refractivity contribution in [2.45, 2.75) is 32.6 Å². The van der Waals surface area contributed by atoms with Crippen molar-refractivity contribution in [1.82, 2.24) is 0 Å². The fourth-order valence-electron chi connectivity index (χ4n) is 3.63. The summed E-state index contributed by atoms with van der Waals surface area (Å²) in [4.78, 5) is 10.6. The number of nitro groups is 1. The molecule has 0 aromatic heterocycles. The second kappa shape index (κ2) is 4.59. The predicted molar refractivity (Wildman–Crippen MR) is 66.9 cm³/mol. The fraction of sp³-hybridized carbons (Fsp3) is 0.750. The lowest BCUT2D eigenvalue weighted by atomic mass is 9.53. The third kappa shape index (κ3) is 2.07. The Morgan fingerprint density at radius 3 is 3.06 bits per heavy atom. The molecule has 1 saturated carbocycles. The molecule has 1 fully saturated rings. The number of rotatable bonds is 5. The summed E-state index contributed by atoms with van der Waals surface area (Å²) in [5, 5.41) is 22.5. The molecule has 2 rings (SSSR count). The number of hydrogen-bond donors (Lipinski definition) is 2. The van der Waals surface area contributed by atoms with E-state index < -0.39 is 5.41 Å². The Kier molecular flexibility index (Phi) is 3.28. The molecule has 3 N–H and O–H groups in total. The Morgan fingerprint density at radius 1 is 1.78 bits per heavy atom. The summed E-state index contributed by atoms with van der Waals surface area (Å²) in [5.74, 6) is 0.832. The minimum absolute atomic E-state index is 0.0913. The molecule has 3 unspecified atom stereocenters. The first kappa shape index (κ1) is 12.9. The van der Waals surface area contributed by atoms with Gasteiger partial charge >= 0.3 is 0 Å².